The zero-order chi connectivity index (χ0) is 14.8. The zero-order valence-corrected chi connectivity index (χ0v) is 12.4. The molecule has 3 N–H and O–H groups in total. The number of sulfonamides is 1. The van der Waals surface area contributed by atoms with Crippen LogP contribution in [0, 0.1) is 13.8 Å². The Morgan fingerprint density at radius 1 is 1.05 bits per heavy atom. The maximum absolute atomic E-state index is 12.3. The average Bonchev–Trinajstić information content (AvgIpc) is 2.39. The molecule has 0 saturated carbocycles. The molecule has 0 amide bonds. The molecule has 0 radical (unpaired) electrons. The molecule has 0 aromatic heterocycles. The molecule has 106 valence electrons. The largest absolute Gasteiger partial charge is 0.326 e. The fourth-order valence-corrected chi connectivity index (χ4v) is 3.08. The lowest BCUT2D eigenvalue weighted by atomic mass is 10.1. The van der Waals surface area contributed by atoms with Gasteiger partial charge in [-0.25, -0.2) is 8.42 Å². The lowest BCUT2D eigenvalue weighted by Gasteiger charge is -2.13. The second-order valence-corrected chi connectivity index (χ2v) is 6.41. The van der Waals surface area contributed by atoms with E-state index in [1.54, 1.807) is 30.3 Å². The van der Waals surface area contributed by atoms with Gasteiger partial charge in [0.1, 0.15) is 0 Å². The number of anilines is 1. The first kappa shape index (κ1) is 14.6. The normalized spacial score (nSPS) is 11.3. The standard InChI is InChI=1S/C15H18N2O2S/c1-11-6-8-13(9-7-11)20(18,19)17-15-5-3-4-12(2)14(15)10-16/h3-9,17H,10,16H2,1-2H3. The average molecular weight is 290 g/mol. The minimum absolute atomic E-state index is 0.243. The van der Waals surface area contributed by atoms with Gasteiger partial charge in [-0.1, -0.05) is 29.8 Å². The minimum atomic E-state index is -3.58. The molecule has 2 aromatic rings. The molecule has 0 atom stereocenters. The van der Waals surface area contributed by atoms with E-state index < -0.39 is 10.0 Å². The zero-order valence-electron chi connectivity index (χ0n) is 11.6. The number of nitrogens with one attached hydrogen (secondary N) is 1. The van der Waals surface area contributed by atoms with E-state index in [-0.39, 0.29) is 4.90 Å². The molecule has 0 aliphatic heterocycles. The Bertz CT molecular complexity index is 707. The van der Waals surface area contributed by atoms with Crippen LogP contribution in [0.4, 0.5) is 5.69 Å². The quantitative estimate of drug-likeness (QED) is 0.909. The van der Waals surface area contributed by atoms with Crippen molar-refractivity contribution in [2.45, 2.75) is 25.3 Å². The number of benzene rings is 2. The van der Waals surface area contributed by atoms with E-state index in [4.69, 9.17) is 5.73 Å². The first-order valence-corrected chi connectivity index (χ1v) is 7.80. The molecule has 0 aliphatic rings. The Balaban J connectivity index is 2.38. The third kappa shape index (κ3) is 3.00. The van der Waals surface area contributed by atoms with Crippen LogP contribution >= 0.6 is 0 Å². The van der Waals surface area contributed by atoms with Crippen LogP contribution in [0.15, 0.2) is 47.4 Å². The van der Waals surface area contributed by atoms with Crippen molar-refractivity contribution in [3.05, 3.63) is 59.2 Å². The summed E-state index contributed by atoms with van der Waals surface area (Å²) in [4.78, 5) is 0.243. The SMILES string of the molecule is Cc1ccc(S(=O)(=O)Nc2cccc(C)c2CN)cc1. The van der Waals surface area contributed by atoms with E-state index in [1.165, 1.54) is 0 Å². The topological polar surface area (TPSA) is 72.2 Å². The summed E-state index contributed by atoms with van der Waals surface area (Å²) in [6.45, 7) is 4.11. The van der Waals surface area contributed by atoms with E-state index in [2.05, 4.69) is 4.72 Å². The Labute approximate surface area is 119 Å². The first-order valence-electron chi connectivity index (χ1n) is 6.32. The van der Waals surface area contributed by atoms with Gasteiger partial charge in [0.15, 0.2) is 0 Å². The maximum Gasteiger partial charge on any atom is 0.261 e. The smallest absolute Gasteiger partial charge is 0.261 e. The minimum Gasteiger partial charge on any atom is -0.326 e. The molecule has 20 heavy (non-hydrogen) atoms. The number of hydrogen-bond donors (Lipinski definition) is 2. The fourth-order valence-electron chi connectivity index (χ4n) is 1.99. The van der Waals surface area contributed by atoms with Crippen LogP contribution in [0.2, 0.25) is 0 Å². The highest BCUT2D eigenvalue weighted by Gasteiger charge is 2.16. The molecule has 0 fully saturated rings. The Morgan fingerprint density at radius 2 is 1.70 bits per heavy atom. The predicted molar refractivity (Wildman–Crippen MR) is 81.1 cm³/mol. The Hall–Kier alpha value is -1.85. The van der Waals surface area contributed by atoms with Crippen molar-refractivity contribution in [1.82, 2.24) is 0 Å². The third-order valence-corrected chi connectivity index (χ3v) is 4.57. The van der Waals surface area contributed by atoms with Crippen molar-refractivity contribution in [3.63, 3.8) is 0 Å². The highest BCUT2D eigenvalue weighted by Crippen LogP contribution is 2.22. The predicted octanol–water partition coefficient (Wildman–Crippen LogP) is 2.56. The highest BCUT2D eigenvalue weighted by atomic mass is 32.2. The summed E-state index contributed by atoms with van der Waals surface area (Å²) in [6, 6.07) is 12.2. The van der Waals surface area contributed by atoms with Crippen LogP contribution in [0.3, 0.4) is 0 Å². The fraction of sp³-hybridized carbons (Fsp3) is 0.200. The van der Waals surface area contributed by atoms with Crippen molar-refractivity contribution in [2.75, 3.05) is 4.72 Å². The maximum atomic E-state index is 12.3. The second-order valence-electron chi connectivity index (χ2n) is 4.72. The van der Waals surface area contributed by atoms with Crippen LogP contribution in [-0.2, 0) is 16.6 Å². The number of nitrogens with two attached hydrogens (primary N) is 1. The lowest BCUT2D eigenvalue weighted by molar-refractivity contribution is 0.601. The third-order valence-electron chi connectivity index (χ3n) is 3.19. The lowest BCUT2D eigenvalue weighted by Crippen LogP contribution is -2.15. The summed E-state index contributed by atoms with van der Waals surface area (Å²) in [5.74, 6) is 0. The van der Waals surface area contributed by atoms with Crippen LogP contribution in [-0.4, -0.2) is 8.42 Å². The van der Waals surface area contributed by atoms with Gasteiger partial charge in [-0.2, -0.15) is 0 Å². The van der Waals surface area contributed by atoms with Crippen molar-refractivity contribution in [3.8, 4) is 0 Å². The van der Waals surface area contributed by atoms with Crippen LogP contribution in [0.1, 0.15) is 16.7 Å². The second kappa shape index (κ2) is 5.64. The Kier molecular flexibility index (Phi) is 4.11. The van der Waals surface area contributed by atoms with Gasteiger partial charge in [0.2, 0.25) is 0 Å². The van der Waals surface area contributed by atoms with Gasteiger partial charge < -0.3 is 5.73 Å². The van der Waals surface area contributed by atoms with Gasteiger partial charge in [-0.05, 0) is 43.2 Å². The van der Waals surface area contributed by atoms with Gasteiger partial charge in [0.25, 0.3) is 10.0 Å². The molecule has 5 heteroatoms. The van der Waals surface area contributed by atoms with E-state index in [0.29, 0.717) is 12.2 Å². The molecular formula is C15H18N2O2S. The molecule has 0 aliphatic carbocycles. The van der Waals surface area contributed by atoms with Crippen molar-refractivity contribution >= 4 is 15.7 Å². The van der Waals surface area contributed by atoms with E-state index in [1.807, 2.05) is 26.0 Å². The molecule has 2 rings (SSSR count). The summed E-state index contributed by atoms with van der Waals surface area (Å²) in [5.41, 5.74) is 9.02. The summed E-state index contributed by atoms with van der Waals surface area (Å²) in [7, 11) is -3.58. The molecule has 4 nitrogen and oxygen atoms in total. The van der Waals surface area contributed by atoms with Crippen LogP contribution in [0.25, 0.3) is 0 Å². The molecule has 0 unspecified atom stereocenters. The molecular weight excluding hydrogens is 272 g/mol. The van der Waals surface area contributed by atoms with Gasteiger partial charge >= 0.3 is 0 Å². The molecule has 0 saturated heterocycles. The number of aryl methyl sites for hydroxylation is 2. The van der Waals surface area contributed by atoms with Gasteiger partial charge in [0, 0.05) is 6.54 Å². The number of hydrogen-bond acceptors (Lipinski definition) is 3. The van der Waals surface area contributed by atoms with Crippen molar-refractivity contribution in [2.24, 2.45) is 5.73 Å². The summed E-state index contributed by atoms with van der Waals surface area (Å²) >= 11 is 0. The van der Waals surface area contributed by atoms with Crippen molar-refractivity contribution in [1.29, 1.82) is 0 Å². The van der Waals surface area contributed by atoms with Gasteiger partial charge in [-0.3, -0.25) is 4.72 Å². The van der Waals surface area contributed by atoms with Crippen LogP contribution in [0.5, 0.6) is 0 Å². The van der Waals surface area contributed by atoms with E-state index in [0.717, 1.165) is 16.7 Å². The summed E-state index contributed by atoms with van der Waals surface area (Å²) in [5, 5.41) is 0. The highest BCUT2D eigenvalue weighted by molar-refractivity contribution is 7.92. The summed E-state index contributed by atoms with van der Waals surface area (Å²) in [6.07, 6.45) is 0. The van der Waals surface area contributed by atoms with Crippen molar-refractivity contribution < 1.29 is 8.42 Å². The number of rotatable bonds is 4. The molecule has 2 aromatic carbocycles. The van der Waals surface area contributed by atoms with Crippen LogP contribution < -0.4 is 10.5 Å². The Morgan fingerprint density at radius 3 is 2.30 bits per heavy atom. The van der Waals surface area contributed by atoms with E-state index >= 15 is 0 Å². The van der Waals surface area contributed by atoms with E-state index in [9.17, 15) is 8.42 Å². The summed E-state index contributed by atoms with van der Waals surface area (Å²) < 4.78 is 27.3. The molecule has 0 heterocycles. The first-order chi connectivity index (χ1) is 9.44. The van der Waals surface area contributed by atoms with Gasteiger partial charge in [0.05, 0.1) is 10.6 Å². The molecule has 0 bridgehead atoms. The van der Waals surface area contributed by atoms with Gasteiger partial charge in [-0.15, -0.1) is 0 Å². The molecule has 0 spiro atoms. The monoisotopic (exact) mass is 290 g/mol.